The van der Waals surface area contributed by atoms with Crippen molar-refractivity contribution in [3.63, 3.8) is 0 Å². The number of hydrogen-bond donors (Lipinski definition) is 2. The lowest BCUT2D eigenvalue weighted by molar-refractivity contribution is 0.230. The number of methoxy groups -OCH3 is 2. The zero-order valence-corrected chi connectivity index (χ0v) is 21.3. The lowest BCUT2D eigenvalue weighted by atomic mass is 10.2. The summed E-state index contributed by atoms with van der Waals surface area (Å²) in [6.07, 6.45) is 2.68. The molecule has 0 spiro atoms. The number of nitrogens with zero attached hydrogens (tertiary/aromatic N) is 2. The van der Waals surface area contributed by atoms with Gasteiger partial charge < -0.3 is 18.9 Å². The number of carbonyl (C=O) groups excluding carboxylic acids is 1. The Hall–Kier alpha value is -3.17. The third kappa shape index (κ3) is 8.00. The van der Waals surface area contributed by atoms with Crippen LogP contribution in [0.4, 0.5) is 4.79 Å². The van der Waals surface area contributed by atoms with Crippen LogP contribution in [0.25, 0.3) is 0 Å². The molecule has 0 fully saturated rings. The molecule has 0 atom stereocenters. The topological polar surface area (TPSA) is 103 Å². The highest BCUT2D eigenvalue weighted by atomic mass is 35.5. The van der Waals surface area contributed by atoms with E-state index in [9.17, 15) is 4.79 Å². The van der Waals surface area contributed by atoms with Crippen LogP contribution in [-0.4, -0.2) is 44.9 Å². The zero-order valence-electron chi connectivity index (χ0n) is 19.8. The Morgan fingerprint density at radius 2 is 1.18 bits per heavy atom. The van der Waals surface area contributed by atoms with Gasteiger partial charge in [-0.05, 0) is 63.1 Å². The first-order chi connectivity index (χ1) is 16.1. The average molecular weight is 511 g/mol. The van der Waals surface area contributed by atoms with E-state index in [2.05, 4.69) is 21.1 Å². The molecule has 0 aromatic heterocycles. The van der Waals surface area contributed by atoms with E-state index >= 15 is 0 Å². The molecule has 2 N–H and O–H groups in total. The van der Waals surface area contributed by atoms with Crippen LogP contribution in [0, 0.1) is 0 Å². The van der Waals surface area contributed by atoms with Crippen molar-refractivity contribution in [3.8, 4) is 23.0 Å². The van der Waals surface area contributed by atoms with Gasteiger partial charge in [-0.25, -0.2) is 15.6 Å². The van der Waals surface area contributed by atoms with Gasteiger partial charge in [0.1, 0.15) is 0 Å². The maximum Gasteiger partial charge on any atom is 0.355 e. The molecule has 0 heterocycles. The van der Waals surface area contributed by atoms with E-state index < -0.39 is 6.03 Å². The maximum atomic E-state index is 12.0. The molecule has 0 bridgehead atoms. The first-order valence-electron chi connectivity index (χ1n) is 10.3. The molecule has 2 amide bonds. The highest BCUT2D eigenvalue weighted by Gasteiger charge is 2.13. The second kappa shape index (κ2) is 12.9. The van der Waals surface area contributed by atoms with Gasteiger partial charge >= 0.3 is 6.03 Å². The molecule has 2 aromatic rings. The van der Waals surface area contributed by atoms with Gasteiger partial charge in [0.15, 0.2) is 23.0 Å². The monoisotopic (exact) mass is 510 g/mol. The second-order valence-electron chi connectivity index (χ2n) is 7.47. The molecule has 0 aliphatic carbocycles. The zero-order chi connectivity index (χ0) is 25.3. The molecule has 0 unspecified atom stereocenters. The van der Waals surface area contributed by atoms with Gasteiger partial charge in [0.25, 0.3) is 0 Å². The molecule has 2 rings (SSSR count). The molecule has 0 aliphatic heterocycles. The molecule has 0 saturated carbocycles. The Balaban J connectivity index is 2.02. The van der Waals surface area contributed by atoms with Crippen LogP contribution in [0.5, 0.6) is 23.0 Å². The van der Waals surface area contributed by atoms with E-state index in [1.807, 2.05) is 27.7 Å². The van der Waals surface area contributed by atoms with Crippen LogP contribution in [0.15, 0.2) is 34.5 Å². The van der Waals surface area contributed by atoms with Crippen LogP contribution in [0.2, 0.25) is 10.0 Å². The summed E-state index contributed by atoms with van der Waals surface area (Å²) >= 11 is 12.5. The van der Waals surface area contributed by atoms with E-state index in [4.69, 9.17) is 42.1 Å². The van der Waals surface area contributed by atoms with Crippen LogP contribution in [-0.2, 0) is 0 Å². The van der Waals surface area contributed by atoms with Crippen LogP contribution >= 0.6 is 23.2 Å². The molecule has 9 nitrogen and oxygen atoms in total. The summed E-state index contributed by atoms with van der Waals surface area (Å²) in [7, 11) is 3.01. The lowest BCUT2D eigenvalue weighted by Crippen LogP contribution is -2.28. The van der Waals surface area contributed by atoms with Gasteiger partial charge in [0.05, 0.1) is 48.9 Å². The SMILES string of the molecule is COc1c(Cl)cc(/C=N/NC(=O)N/N=C/c2cc(Cl)c(OC)c(OC(C)C)c2)cc1OC(C)C. The molecule has 0 aliphatic rings. The quantitative estimate of drug-likeness (QED) is 0.335. The standard InChI is InChI=1S/C23H28Cl2N4O5/c1-13(2)33-19-9-15(7-17(24)21(19)31-5)11-26-28-23(30)29-27-12-16-8-18(25)22(32-6)20(10-16)34-14(3)4/h7-14H,1-6H3,(H2,28,29,30)/b26-11+,27-12+. The Morgan fingerprint density at radius 3 is 1.50 bits per heavy atom. The van der Waals surface area contributed by atoms with Gasteiger partial charge in [-0.2, -0.15) is 10.2 Å². The number of benzene rings is 2. The molecule has 0 radical (unpaired) electrons. The minimum absolute atomic E-state index is 0.0764. The van der Waals surface area contributed by atoms with Crippen LogP contribution in [0.3, 0.4) is 0 Å². The molecular weight excluding hydrogens is 483 g/mol. The Morgan fingerprint density at radius 1 is 0.794 bits per heavy atom. The largest absolute Gasteiger partial charge is 0.491 e. The van der Waals surface area contributed by atoms with Crippen molar-refractivity contribution in [2.24, 2.45) is 10.2 Å². The Kier molecular flexibility index (Phi) is 10.3. The number of halogens is 2. The Bertz CT molecular complexity index is 977. The van der Waals surface area contributed by atoms with Gasteiger partial charge in [-0.3, -0.25) is 0 Å². The number of ether oxygens (including phenoxy) is 4. The fraction of sp³-hybridized carbons (Fsp3) is 0.348. The van der Waals surface area contributed by atoms with Crippen molar-refractivity contribution in [1.82, 2.24) is 10.9 Å². The van der Waals surface area contributed by atoms with Crippen LogP contribution in [0.1, 0.15) is 38.8 Å². The molecule has 0 saturated heterocycles. The third-order valence-corrected chi connectivity index (χ3v) is 4.52. The fourth-order valence-electron chi connectivity index (χ4n) is 2.76. The summed E-state index contributed by atoms with van der Waals surface area (Å²) in [5.74, 6) is 1.79. The third-order valence-electron chi connectivity index (χ3n) is 3.96. The second-order valence-corrected chi connectivity index (χ2v) is 8.28. The van der Waals surface area contributed by atoms with Crippen molar-refractivity contribution in [1.29, 1.82) is 0 Å². The summed E-state index contributed by atoms with van der Waals surface area (Å²) in [6, 6.07) is 6.04. The van der Waals surface area contributed by atoms with Crippen LogP contribution < -0.4 is 29.8 Å². The van der Waals surface area contributed by atoms with Crippen molar-refractivity contribution in [2.45, 2.75) is 39.9 Å². The number of hydrogen-bond acceptors (Lipinski definition) is 7. The summed E-state index contributed by atoms with van der Waals surface area (Å²) in [4.78, 5) is 12.0. The summed E-state index contributed by atoms with van der Waals surface area (Å²) < 4.78 is 22.0. The van der Waals surface area contributed by atoms with Gasteiger partial charge in [0.2, 0.25) is 0 Å². The van der Waals surface area contributed by atoms with E-state index in [0.29, 0.717) is 44.2 Å². The van der Waals surface area contributed by atoms with E-state index in [1.165, 1.54) is 26.6 Å². The number of amides is 2. The van der Waals surface area contributed by atoms with Crippen molar-refractivity contribution < 1.29 is 23.7 Å². The predicted octanol–water partition coefficient (Wildman–Crippen LogP) is 5.25. The van der Waals surface area contributed by atoms with Crippen molar-refractivity contribution >= 4 is 41.7 Å². The normalized spacial score (nSPS) is 11.4. The summed E-state index contributed by atoms with van der Waals surface area (Å²) in [5, 5.41) is 8.50. The number of hydrazone groups is 2. The average Bonchev–Trinajstić information content (AvgIpc) is 2.73. The van der Waals surface area contributed by atoms with E-state index in [1.54, 1.807) is 24.3 Å². The number of carbonyl (C=O) groups is 1. The maximum absolute atomic E-state index is 12.0. The lowest BCUT2D eigenvalue weighted by Gasteiger charge is -2.15. The first kappa shape index (κ1) is 27.1. The van der Waals surface area contributed by atoms with E-state index in [0.717, 1.165) is 0 Å². The van der Waals surface area contributed by atoms with E-state index in [-0.39, 0.29) is 12.2 Å². The number of rotatable bonds is 10. The highest BCUT2D eigenvalue weighted by molar-refractivity contribution is 6.33. The minimum atomic E-state index is -0.649. The van der Waals surface area contributed by atoms with Gasteiger partial charge in [0, 0.05) is 0 Å². The smallest absolute Gasteiger partial charge is 0.355 e. The summed E-state index contributed by atoms with van der Waals surface area (Å²) in [5.41, 5.74) is 5.84. The molecule has 11 heteroatoms. The fourth-order valence-corrected chi connectivity index (χ4v) is 3.35. The Labute approximate surface area is 209 Å². The molecular formula is C23H28Cl2N4O5. The highest BCUT2D eigenvalue weighted by Crippen LogP contribution is 2.37. The van der Waals surface area contributed by atoms with Crippen molar-refractivity contribution in [3.05, 3.63) is 45.4 Å². The number of nitrogens with one attached hydrogen (secondary N) is 2. The van der Waals surface area contributed by atoms with Gasteiger partial charge in [-0.1, -0.05) is 23.2 Å². The minimum Gasteiger partial charge on any atom is -0.491 e. The van der Waals surface area contributed by atoms with Gasteiger partial charge in [-0.15, -0.1) is 0 Å². The molecule has 34 heavy (non-hydrogen) atoms. The summed E-state index contributed by atoms with van der Waals surface area (Å²) in [6.45, 7) is 7.55. The first-order valence-corrected chi connectivity index (χ1v) is 11.1. The predicted molar refractivity (Wildman–Crippen MR) is 134 cm³/mol. The van der Waals surface area contributed by atoms with Crippen molar-refractivity contribution in [2.75, 3.05) is 14.2 Å². The molecule has 184 valence electrons. The number of urea groups is 1. The molecule has 2 aromatic carbocycles.